The number of anilines is 1. The molecule has 3 aromatic carbocycles. The van der Waals surface area contributed by atoms with E-state index >= 15 is 0 Å². The van der Waals surface area contributed by atoms with Gasteiger partial charge >= 0.3 is 5.69 Å². The van der Waals surface area contributed by atoms with E-state index in [0.717, 1.165) is 33.4 Å². The fraction of sp³-hybridized carbons (Fsp3) is 0.208. The Morgan fingerprint density at radius 3 is 2.61 bits per heavy atom. The Bertz CT molecular complexity index is 1260. The molecule has 0 unspecified atom stereocenters. The zero-order chi connectivity index (χ0) is 21.8. The number of fused-ring (bicyclic) bond motifs is 1. The predicted octanol–water partition coefficient (Wildman–Crippen LogP) is 5.41. The average Bonchev–Trinajstić information content (AvgIpc) is 3.12. The number of benzene rings is 3. The van der Waals surface area contributed by atoms with E-state index in [-0.39, 0.29) is 5.69 Å². The molecule has 7 heteroatoms. The first-order chi connectivity index (χ1) is 15.0. The first-order valence-corrected chi connectivity index (χ1v) is 10.5. The van der Waals surface area contributed by atoms with Crippen LogP contribution in [-0.4, -0.2) is 16.6 Å². The Balaban J connectivity index is 1.51. The van der Waals surface area contributed by atoms with E-state index in [2.05, 4.69) is 28.3 Å². The maximum atomic E-state index is 11.4. The number of aromatic nitrogens is 2. The molecule has 4 aromatic rings. The number of imidazole rings is 1. The summed E-state index contributed by atoms with van der Waals surface area (Å²) in [5, 5.41) is 3.85. The number of hydrogen-bond donors (Lipinski definition) is 3. The molecule has 0 fully saturated rings. The van der Waals surface area contributed by atoms with Crippen molar-refractivity contribution in [3.8, 4) is 11.5 Å². The summed E-state index contributed by atoms with van der Waals surface area (Å²) in [6.07, 6.45) is 0. The van der Waals surface area contributed by atoms with Gasteiger partial charge in [-0.3, -0.25) is 0 Å². The van der Waals surface area contributed by atoms with Crippen LogP contribution in [0.4, 0.5) is 5.69 Å². The van der Waals surface area contributed by atoms with Crippen molar-refractivity contribution in [2.75, 3.05) is 11.9 Å². The maximum absolute atomic E-state index is 11.4. The summed E-state index contributed by atoms with van der Waals surface area (Å²) in [5.74, 6) is 1.16. The van der Waals surface area contributed by atoms with E-state index in [1.54, 1.807) is 0 Å². The third kappa shape index (κ3) is 4.86. The Morgan fingerprint density at radius 1 is 1.00 bits per heavy atom. The molecule has 3 N–H and O–H groups in total. The molecule has 31 heavy (non-hydrogen) atoms. The molecule has 0 saturated heterocycles. The third-order valence-electron chi connectivity index (χ3n) is 5.02. The SMILES string of the molecule is CCOc1cc(CNc2ccc3[nH]c(=O)[nH]c3c2)cc(Cl)c1OCc1ccccc1C. The Kier molecular flexibility index (Phi) is 6.18. The first kappa shape index (κ1) is 20.9. The highest BCUT2D eigenvalue weighted by molar-refractivity contribution is 6.32. The summed E-state index contributed by atoms with van der Waals surface area (Å²) in [5.41, 5.74) is 5.41. The van der Waals surface area contributed by atoms with Crippen molar-refractivity contribution in [3.05, 3.63) is 86.8 Å². The molecule has 0 saturated carbocycles. The largest absolute Gasteiger partial charge is 0.490 e. The second-order valence-corrected chi connectivity index (χ2v) is 7.65. The normalized spacial score (nSPS) is 10.9. The van der Waals surface area contributed by atoms with Gasteiger partial charge in [0, 0.05) is 12.2 Å². The molecule has 0 radical (unpaired) electrons. The van der Waals surface area contributed by atoms with Gasteiger partial charge in [-0.25, -0.2) is 4.79 Å². The molecule has 0 bridgehead atoms. The van der Waals surface area contributed by atoms with Crippen molar-refractivity contribution >= 4 is 28.3 Å². The molecule has 0 aliphatic rings. The van der Waals surface area contributed by atoms with E-state index in [1.807, 2.05) is 55.5 Å². The number of aromatic amines is 2. The van der Waals surface area contributed by atoms with Gasteiger partial charge in [0.25, 0.3) is 0 Å². The summed E-state index contributed by atoms with van der Waals surface area (Å²) < 4.78 is 11.8. The number of nitrogens with one attached hydrogen (secondary N) is 3. The molecule has 0 amide bonds. The average molecular weight is 438 g/mol. The highest BCUT2D eigenvalue weighted by Gasteiger charge is 2.14. The molecule has 160 valence electrons. The lowest BCUT2D eigenvalue weighted by molar-refractivity contribution is 0.269. The lowest BCUT2D eigenvalue weighted by Crippen LogP contribution is -2.04. The Labute approximate surface area is 185 Å². The van der Waals surface area contributed by atoms with Gasteiger partial charge in [-0.2, -0.15) is 0 Å². The standard InChI is InChI=1S/C24H24ClN3O3/c1-3-30-22-11-16(13-26-18-8-9-20-21(12-18)28-24(29)27-20)10-19(25)23(22)31-14-17-7-5-4-6-15(17)2/h4-12,26H,3,13-14H2,1-2H3,(H2,27,28,29). The third-order valence-corrected chi connectivity index (χ3v) is 5.30. The van der Waals surface area contributed by atoms with Gasteiger partial charge in [0.2, 0.25) is 0 Å². The van der Waals surface area contributed by atoms with Gasteiger partial charge < -0.3 is 24.8 Å². The van der Waals surface area contributed by atoms with Crippen LogP contribution in [0.15, 0.2) is 59.4 Å². The van der Waals surface area contributed by atoms with Gasteiger partial charge in [-0.15, -0.1) is 0 Å². The smallest absolute Gasteiger partial charge is 0.323 e. The molecular weight excluding hydrogens is 414 g/mol. The lowest BCUT2D eigenvalue weighted by Gasteiger charge is -2.16. The molecule has 1 heterocycles. The quantitative estimate of drug-likeness (QED) is 0.344. The molecule has 0 aliphatic heterocycles. The van der Waals surface area contributed by atoms with Crippen molar-refractivity contribution in [1.29, 1.82) is 0 Å². The van der Waals surface area contributed by atoms with Crippen LogP contribution in [0.1, 0.15) is 23.6 Å². The Hall–Kier alpha value is -3.38. The molecule has 0 aliphatic carbocycles. The molecular formula is C24H24ClN3O3. The zero-order valence-corrected chi connectivity index (χ0v) is 18.2. The van der Waals surface area contributed by atoms with Crippen LogP contribution in [0.5, 0.6) is 11.5 Å². The topological polar surface area (TPSA) is 79.1 Å². The van der Waals surface area contributed by atoms with Crippen molar-refractivity contribution in [2.24, 2.45) is 0 Å². The van der Waals surface area contributed by atoms with Gasteiger partial charge in [0.15, 0.2) is 11.5 Å². The summed E-state index contributed by atoms with van der Waals surface area (Å²) >= 11 is 6.56. The van der Waals surface area contributed by atoms with Gasteiger partial charge in [-0.05, 0) is 60.9 Å². The second-order valence-electron chi connectivity index (χ2n) is 7.25. The number of hydrogen-bond acceptors (Lipinski definition) is 4. The van der Waals surface area contributed by atoms with Crippen molar-refractivity contribution < 1.29 is 9.47 Å². The number of halogens is 1. The molecule has 0 atom stereocenters. The van der Waals surface area contributed by atoms with Crippen LogP contribution in [0.25, 0.3) is 11.0 Å². The van der Waals surface area contributed by atoms with Gasteiger partial charge in [-0.1, -0.05) is 35.9 Å². The van der Waals surface area contributed by atoms with Crippen molar-refractivity contribution in [2.45, 2.75) is 27.0 Å². The summed E-state index contributed by atoms with van der Waals surface area (Å²) in [6, 6.07) is 17.6. The molecule has 1 aromatic heterocycles. The van der Waals surface area contributed by atoms with Gasteiger partial charge in [0.1, 0.15) is 6.61 Å². The minimum Gasteiger partial charge on any atom is -0.490 e. The van der Waals surface area contributed by atoms with Gasteiger partial charge in [0.05, 0.1) is 22.7 Å². The lowest BCUT2D eigenvalue weighted by atomic mass is 10.1. The monoisotopic (exact) mass is 437 g/mol. The number of aryl methyl sites for hydroxylation is 1. The van der Waals surface area contributed by atoms with Crippen LogP contribution in [0, 0.1) is 6.92 Å². The Morgan fingerprint density at radius 2 is 1.81 bits per heavy atom. The summed E-state index contributed by atoms with van der Waals surface area (Å²) in [7, 11) is 0. The molecule has 0 spiro atoms. The van der Waals surface area contributed by atoms with E-state index in [4.69, 9.17) is 21.1 Å². The van der Waals surface area contributed by atoms with Crippen LogP contribution < -0.4 is 20.5 Å². The highest BCUT2D eigenvalue weighted by Crippen LogP contribution is 2.37. The van der Waals surface area contributed by atoms with E-state index < -0.39 is 0 Å². The number of rotatable bonds is 8. The second kappa shape index (κ2) is 9.18. The van der Waals surface area contributed by atoms with E-state index in [9.17, 15) is 4.79 Å². The molecule has 4 rings (SSSR count). The van der Waals surface area contributed by atoms with Crippen molar-refractivity contribution in [1.82, 2.24) is 9.97 Å². The fourth-order valence-electron chi connectivity index (χ4n) is 3.40. The maximum Gasteiger partial charge on any atom is 0.323 e. The first-order valence-electron chi connectivity index (χ1n) is 10.1. The minimum atomic E-state index is -0.221. The van der Waals surface area contributed by atoms with E-state index in [0.29, 0.717) is 36.3 Å². The number of ether oxygens (including phenoxy) is 2. The van der Waals surface area contributed by atoms with Crippen molar-refractivity contribution in [3.63, 3.8) is 0 Å². The molecule has 6 nitrogen and oxygen atoms in total. The predicted molar refractivity (Wildman–Crippen MR) is 124 cm³/mol. The highest BCUT2D eigenvalue weighted by atomic mass is 35.5. The van der Waals surface area contributed by atoms with Crippen LogP contribution >= 0.6 is 11.6 Å². The number of H-pyrrole nitrogens is 2. The fourth-order valence-corrected chi connectivity index (χ4v) is 3.68. The minimum absolute atomic E-state index is 0.221. The summed E-state index contributed by atoms with van der Waals surface area (Å²) in [6.45, 7) is 5.44. The van der Waals surface area contributed by atoms with Crippen LogP contribution in [-0.2, 0) is 13.2 Å². The van der Waals surface area contributed by atoms with E-state index in [1.165, 1.54) is 0 Å². The summed E-state index contributed by atoms with van der Waals surface area (Å²) in [4.78, 5) is 16.9. The zero-order valence-electron chi connectivity index (χ0n) is 17.4. The van der Waals surface area contributed by atoms with Crippen LogP contribution in [0.2, 0.25) is 5.02 Å². The van der Waals surface area contributed by atoms with Crippen LogP contribution in [0.3, 0.4) is 0 Å².